The van der Waals surface area contributed by atoms with Crippen LogP contribution in [0.15, 0.2) is 41.5 Å². The van der Waals surface area contributed by atoms with Crippen molar-refractivity contribution in [2.75, 3.05) is 11.9 Å². The number of hydrogen-bond acceptors (Lipinski definition) is 5. The molecular weight excluding hydrogens is 473 g/mol. The Balaban J connectivity index is 1.99. The predicted molar refractivity (Wildman–Crippen MR) is 108 cm³/mol. The summed E-state index contributed by atoms with van der Waals surface area (Å²) >= 11 is 7.77. The van der Waals surface area contributed by atoms with Crippen molar-refractivity contribution in [3.8, 4) is 11.5 Å². The number of amides is 2. The van der Waals surface area contributed by atoms with Crippen LogP contribution in [-0.4, -0.2) is 29.7 Å². The van der Waals surface area contributed by atoms with Crippen LogP contribution in [0.4, 0.5) is 5.69 Å². The number of aromatic hydroxyl groups is 1. The minimum atomic E-state index is -0.931. The lowest BCUT2D eigenvalue weighted by atomic mass is 10.2. The number of anilines is 1. The predicted octanol–water partition coefficient (Wildman–Crippen LogP) is 3.14. The Morgan fingerprint density at radius 3 is 2.77 bits per heavy atom. The van der Waals surface area contributed by atoms with E-state index in [4.69, 9.17) is 16.3 Å². The van der Waals surface area contributed by atoms with Crippen molar-refractivity contribution < 1.29 is 19.4 Å². The van der Waals surface area contributed by atoms with E-state index in [0.717, 1.165) is 0 Å². The van der Waals surface area contributed by atoms with E-state index in [1.807, 2.05) is 22.6 Å². The van der Waals surface area contributed by atoms with E-state index in [1.165, 1.54) is 12.3 Å². The number of nitrogens with zero attached hydrogens (tertiary/aromatic N) is 1. The number of benzene rings is 2. The number of rotatable bonds is 5. The molecule has 0 saturated carbocycles. The fourth-order valence-corrected chi connectivity index (χ4v) is 2.72. The molecule has 2 rings (SSSR count). The van der Waals surface area contributed by atoms with Crippen LogP contribution in [0, 0.1) is 3.57 Å². The molecule has 136 valence electrons. The van der Waals surface area contributed by atoms with Crippen LogP contribution in [0.25, 0.3) is 0 Å². The molecule has 0 aromatic heterocycles. The number of phenols is 1. The van der Waals surface area contributed by atoms with Gasteiger partial charge in [0.1, 0.15) is 0 Å². The Morgan fingerprint density at radius 2 is 2.08 bits per heavy atom. The Kier molecular flexibility index (Phi) is 7.22. The molecule has 0 spiro atoms. The van der Waals surface area contributed by atoms with Crippen LogP contribution in [0.5, 0.6) is 11.5 Å². The van der Waals surface area contributed by atoms with Crippen LogP contribution < -0.4 is 15.5 Å². The molecule has 0 fully saturated rings. The van der Waals surface area contributed by atoms with E-state index in [9.17, 15) is 14.7 Å². The fourth-order valence-electron chi connectivity index (χ4n) is 1.90. The summed E-state index contributed by atoms with van der Waals surface area (Å²) in [4.78, 5) is 23.6. The molecular formula is C17H15ClIN3O4. The van der Waals surface area contributed by atoms with Crippen molar-refractivity contribution in [3.05, 3.63) is 50.6 Å². The summed E-state index contributed by atoms with van der Waals surface area (Å²) in [6.45, 7) is 2.19. The zero-order chi connectivity index (χ0) is 19.1. The first kappa shape index (κ1) is 20.0. The number of phenolic OH excluding ortho intramolecular Hbond substituents is 1. The number of hydrogen-bond donors (Lipinski definition) is 3. The molecule has 7 nitrogen and oxygen atoms in total. The van der Waals surface area contributed by atoms with E-state index in [2.05, 4.69) is 15.8 Å². The average Bonchev–Trinajstić information content (AvgIpc) is 2.59. The van der Waals surface area contributed by atoms with Gasteiger partial charge in [-0.2, -0.15) is 5.10 Å². The van der Waals surface area contributed by atoms with Gasteiger partial charge >= 0.3 is 11.8 Å². The summed E-state index contributed by atoms with van der Waals surface area (Å²) in [5, 5.41) is 16.5. The van der Waals surface area contributed by atoms with E-state index in [0.29, 0.717) is 32.2 Å². The summed E-state index contributed by atoms with van der Waals surface area (Å²) in [6, 6.07) is 9.65. The third-order valence-corrected chi connectivity index (χ3v) is 4.08. The third-order valence-electron chi connectivity index (χ3n) is 3.02. The Hall–Kier alpha value is -2.33. The van der Waals surface area contributed by atoms with Crippen LogP contribution in [0.1, 0.15) is 12.5 Å². The highest BCUT2D eigenvalue weighted by atomic mass is 127. The van der Waals surface area contributed by atoms with Gasteiger partial charge < -0.3 is 15.2 Å². The molecule has 3 N–H and O–H groups in total. The molecule has 0 aliphatic carbocycles. The van der Waals surface area contributed by atoms with Crippen LogP contribution in [0.3, 0.4) is 0 Å². The molecule has 26 heavy (non-hydrogen) atoms. The van der Waals surface area contributed by atoms with Gasteiger partial charge in [0.25, 0.3) is 0 Å². The van der Waals surface area contributed by atoms with Crippen molar-refractivity contribution in [2.45, 2.75) is 6.92 Å². The molecule has 2 amide bonds. The quantitative estimate of drug-likeness (QED) is 0.261. The minimum absolute atomic E-state index is 0.0366. The highest BCUT2D eigenvalue weighted by molar-refractivity contribution is 14.1. The number of halogens is 2. The Morgan fingerprint density at radius 1 is 1.31 bits per heavy atom. The van der Waals surface area contributed by atoms with Gasteiger partial charge in [0.05, 0.1) is 16.4 Å². The van der Waals surface area contributed by atoms with Gasteiger partial charge in [0, 0.05) is 10.7 Å². The highest BCUT2D eigenvalue weighted by Crippen LogP contribution is 2.32. The summed E-state index contributed by atoms with van der Waals surface area (Å²) in [5.74, 6) is -1.46. The summed E-state index contributed by atoms with van der Waals surface area (Å²) in [6.07, 6.45) is 1.34. The SMILES string of the molecule is CCOc1cc(/C=N\NC(=O)C(=O)Nc2cccc(Cl)c2)cc(I)c1O. The first-order valence-electron chi connectivity index (χ1n) is 7.46. The van der Waals surface area contributed by atoms with Crippen molar-refractivity contribution in [2.24, 2.45) is 5.10 Å². The van der Waals surface area contributed by atoms with Gasteiger partial charge in [-0.25, -0.2) is 5.43 Å². The van der Waals surface area contributed by atoms with Gasteiger partial charge in [0.2, 0.25) is 0 Å². The first-order chi connectivity index (χ1) is 12.4. The van der Waals surface area contributed by atoms with Gasteiger partial charge in [-0.05, 0) is 65.4 Å². The van der Waals surface area contributed by atoms with E-state index in [1.54, 1.807) is 37.3 Å². The maximum Gasteiger partial charge on any atom is 0.329 e. The first-order valence-corrected chi connectivity index (χ1v) is 8.91. The Bertz CT molecular complexity index is 858. The maximum absolute atomic E-state index is 11.8. The maximum atomic E-state index is 11.8. The molecule has 0 aliphatic heterocycles. The molecule has 2 aromatic rings. The van der Waals surface area contributed by atoms with E-state index in [-0.39, 0.29) is 5.75 Å². The van der Waals surface area contributed by atoms with Crippen molar-refractivity contribution in [1.29, 1.82) is 0 Å². The number of nitrogens with one attached hydrogen (secondary N) is 2. The summed E-state index contributed by atoms with van der Waals surface area (Å²) in [7, 11) is 0. The number of carbonyl (C=O) groups is 2. The zero-order valence-corrected chi connectivity index (χ0v) is 16.5. The molecule has 0 atom stereocenters. The topological polar surface area (TPSA) is 100 Å². The second kappa shape index (κ2) is 9.39. The Labute approximate surface area is 168 Å². The molecule has 0 heterocycles. The van der Waals surface area contributed by atoms with Crippen molar-refractivity contribution in [1.82, 2.24) is 5.43 Å². The largest absolute Gasteiger partial charge is 0.504 e. The van der Waals surface area contributed by atoms with Gasteiger partial charge in [-0.1, -0.05) is 17.7 Å². The highest BCUT2D eigenvalue weighted by Gasteiger charge is 2.13. The summed E-state index contributed by atoms with van der Waals surface area (Å²) < 4.78 is 5.89. The van der Waals surface area contributed by atoms with Crippen LogP contribution in [-0.2, 0) is 9.59 Å². The molecule has 0 radical (unpaired) electrons. The number of carbonyl (C=O) groups excluding carboxylic acids is 2. The fraction of sp³-hybridized carbons (Fsp3) is 0.118. The molecule has 0 aliphatic rings. The molecule has 2 aromatic carbocycles. The molecule has 9 heteroatoms. The molecule has 0 saturated heterocycles. The molecule has 0 unspecified atom stereocenters. The second-order valence-electron chi connectivity index (χ2n) is 4.95. The average molecular weight is 488 g/mol. The lowest BCUT2D eigenvalue weighted by Crippen LogP contribution is -2.32. The smallest absolute Gasteiger partial charge is 0.329 e. The van der Waals surface area contributed by atoms with Crippen LogP contribution in [0.2, 0.25) is 5.02 Å². The lowest BCUT2D eigenvalue weighted by Gasteiger charge is -2.08. The van der Waals surface area contributed by atoms with Gasteiger partial charge in [-0.3, -0.25) is 9.59 Å². The van der Waals surface area contributed by atoms with Crippen molar-refractivity contribution in [3.63, 3.8) is 0 Å². The minimum Gasteiger partial charge on any atom is -0.504 e. The number of ether oxygens (including phenoxy) is 1. The third kappa shape index (κ3) is 5.60. The van der Waals surface area contributed by atoms with Gasteiger partial charge in [-0.15, -0.1) is 0 Å². The summed E-state index contributed by atoms with van der Waals surface area (Å²) in [5.41, 5.74) is 3.12. The van der Waals surface area contributed by atoms with Crippen LogP contribution >= 0.6 is 34.2 Å². The standard InChI is InChI=1S/C17H15ClIN3O4/c1-2-26-14-7-10(6-13(19)15(14)23)9-20-22-17(25)16(24)21-12-5-3-4-11(18)8-12/h3-9,23H,2H2,1H3,(H,21,24)(H,22,25)/b20-9-. The lowest BCUT2D eigenvalue weighted by molar-refractivity contribution is -0.136. The van der Waals surface area contributed by atoms with E-state index >= 15 is 0 Å². The normalized spacial score (nSPS) is 10.6. The zero-order valence-electron chi connectivity index (χ0n) is 13.6. The number of hydrazone groups is 1. The van der Waals surface area contributed by atoms with E-state index < -0.39 is 11.8 Å². The monoisotopic (exact) mass is 487 g/mol. The molecule has 0 bridgehead atoms. The van der Waals surface area contributed by atoms with Gasteiger partial charge in [0.15, 0.2) is 11.5 Å². The van der Waals surface area contributed by atoms with Crippen molar-refractivity contribution >= 4 is 57.9 Å². The second-order valence-corrected chi connectivity index (χ2v) is 6.54.